The number of ether oxygens (including phenoxy) is 3. The molecule has 7 atom stereocenters. The maximum absolute atomic E-state index is 13.5. The first-order valence-corrected chi connectivity index (χ1v) is 14.3. The second-order valence-corrected chi connectivity index (χ2v) is 13.3. The van der Waals surface area contributed by atoms with Crippen LogP contribution in [-0.2, 0) is 24.5 Å². The van der Waals surface area contributed by atoms with Gasteiger partial charge in [0.05, 0.1) is 45.1 Å². The maximum atomic E-state index is 13.5. The molecular formula is C29H37N3O7S. The lowest BCUT2D eigenvalue weighted by Gasteiger charge is -2.58. The third kappa shape index (κ3) is 3.80. The predicted molar refractivity (Wildman–Crippen MR) is 150 cm³/mol. The quantitative estimate of drug-likeness (QED) is 0.270. The number of carboxylic acid groups (broad SMARTS) is 1. The Bertz CT molecular complexity index is 1280. The second-order valence-electron chi connectivity index (χ2n) is 12.2. The SMILES string of the molecule is CC(C)(S)C(NC=O)C(=O)O.COc1cc2c(cc1OC)C13CCN4CC5=CCOC6CC(=O)N2C1C6C5CC43. The number of anilines is 1. The number of hydrogen-bond acceptors (Lipinski definition) is 8. The molecule has 6 aliphatic rings. The number of fused-ring (bicyclic) bond motifs is 2. The van der Waals surface area contributed by atoms with Gasteiger partial charge in [0.2, 0.25) is 12.3 Å². The molecule has 5 heterocycles. The van der Waals surface area contributed by atoms with E-state index in [1.54, 1.807) is 33.6 Å². The fraction of sp³-hybridized carbons (Fsp3) is 0.621. The van der Waals surface area contributed by atoms with Gasteiger partial charge in [-0.05, 0) is 50.8 Å². The van der Waals surface area contributed by atoms with Gasteiger partial charge < -0.3 is 29.5 Å². The largest absolute Gasteiger partial charge is 0.493 e. The molecule has 1 aliphatic carbocycles. The highest BCUT2D eigenvalue weighted by molar-refractivity contribution is 7.81. The van der Waals surface area contributed by atoms with Crippen molar-refractivity contribution in [2.45, 2.75) is 67.5 Å². The average molecular weight is 572 g/mol. The number of piperidine rings is 2. The standard InChI is InChI=1S/C23H26N2O4.C6H11NO3S/c1-27-16-8-14-15(9-17(16)28-2)25-20(26)10-18-21-13-7-19-23(14,22(21)25)4-5-24(19)11-12(13)3-6-29-18;1-6(2,11)4(5(9)10)7-3-8/h3,8-9,13,18-19,21-22H,4-7,10-11H2,1-2H3;3-4,11H,1-2H3,(H,7,8)(H,9,10). The van der Waals surface area contributed by atoms with E-state index < -0.39 is 16.8 Å². The van der Waals surface area contributed by atoms with E-state index in [1.165, 1.54) is 12.0 Å². The van der Waals surface area contributed by atoms with Crippen LogP contribution in [0.5, 0.6) is 11.5 Å². The van der Waals surface area contributed by atoms with Crippen molar-refractivity contribution in [3.8, 4) is 11.5 Å². The van der Waals surface area contributed by atoms with Crippen molar-refractivity contribution < 1.29 is 33.7 Å². The summed E-state index contributed by atoms with van der Waals surface area (Å²) in [4.78, 5) is 38.7. The number of nitrogens with one attached hydrogen (secondary N) is 1. The average Bonchev–Trinajstić information content (AvgIpc) is 3.38. The summed E-state index contributed by atoms with van der Waals surface area (Å²) in [5, 5.41) is 10.7. The Balaban J connectivity index is 0.000000227. The first-order valence-electron chi connectivity index (χ1n) is 13.8. The fourth-order valence-corrected chi connectivity index (χ4v) is 8.70. The zero-order chi connectivity index (χ0) is 28.6. The van der Waals surface area contributed by atoms with Gasteiger partial charge in [0.1, 0.15) is 6.04 Å². The van der Waals surface area contributed by atoms with Crippen LogP contribution in [0.1, 0.15) is 38.7 Å². The minimum atomic E-state index is -1.09. The van der Waals surface area contributed by atoms with E-state index in [0.717, 1.165) is 30.9 Å². The summed E-state index contributed by atoms with van der Waals surface area (Å²) >= 11 is 4.02. The summed E-state index contributed by atoms with van der Waals surface area (Å²) in [6.07, 6.45) is 5.47. The minimum absolute atomic E-state index is 0.0242. The summed E-state index contributed by atoms with van der Waals surface area (Å²) in [6, 6.07) is 3.92. The molecule has 2 amide bonds. The van der Waals surface area contributed by atoms with Crippen molar-refractivity contribution in [1.29, 1.82) is 0 Å². The van der Waals surface area contributed by atoms with Gasteiger partial charge in [0.25, 0.3) is 0 Å². The Morgan fingerprint density at radius 3 is 2.65 bits per heavy atom. The maximum Gasteiger partial charge on any atom is 0.327 e. The molecule has 1 spiro atoms. The summed E-state index contributed by atoms with van der Waals surface area (Å²) < 4.78 is 16.8. The van der Waals surface area contributed by atoms with Crippen LogP contribution < -0.4 is 19.7 Å². The lowest BCUT2D eigenvalue weighted by atomic mass is 9.53. The van der Waals surface area contributed by atoms with Crippen LogP contribution in [0.2, 0.25) is 0 Å². The highest BCUT2D eigenvalue weighted by atomic mass is 32.1. The third-order valence-electron chi connectivity index (χ3n) is 10.0. The molecule has 7 rings (SSSR count). The van der Waals surface area contributed by atoms with E-state index in [0.29, 0.717) is 43.1 Å². The van der Waals surface area contributed by atoms with E-state index in [-0.39, 0.29) is 23.5 Å². The molecule has 7 unspecified atom stereocenters. The van der Waals surface area contributed by atoms with Gasteiger partial charge >= 0.3 is 5.97 Å². The van der Waals surface area contributed by atoms with Crippen molar-refractivity contribution in [1.82, 2.24) is 10.2 Å². The van der Waals surface area contributed by atoms with Crippen molar-refractivity contribution >= 4 is 36.6 Å². The molecule has 1 saturated carbocycles. The third-order valence-corrected chi connectivity index (χ3v) is 10.3. The Morgan fingerprint density at radius 2 is 2.02 bits per heavy atom. The van der Waals surface area contributed by atoms with Crippen LogP contribution in [0.15, 0.2) is 23.8 Å². The summed E-state index contributed by atoms with van der Waals surface area (Å²) in [5.41, 5.74) is 3.85. The topological polar surface area (TPSA) is 118 Å². The number of carbonyl (C=O) groups is 3. The monoisotopic (exact) mass is 571 g/mol. The fourth-order valence-electron chi connectivity index (χ4n) is 8.52. The van der Waals surface area contributed by atoms with Gasteiger partial charge in [-0.3, -0.25) is 14.5 Å². The van der Waals surface area contributed by atoms with Crippen molar-refractivity contribution in [3.05, 3.63) is 29.3 Å². The second kappa shape index (κ2) is 9.66. The van der Waals surface area contributed by atoms with Crippen LogP contribution in [0.25, 0.3) is 0 Å². The molecule has 2 N–H and O–H groups in total. The van der Waals surface area contributed by atoms with Gasteiger partial charge in [-0.2, -0.15) is 12.6 Å². The van der Waals surface area contributed by atoms with E-state index in [4.69, 9.17) is 19.3 Å². The zero-order valence-electron chi connectivity index (χ0n) is 23.3. The smallest absolute Gasteiger partial charge is 0.327 e. The van der Waals surface area contributed by atoms with E-state index >= 15 is 0 Å². The normalized spacial score (nSPS) is 33.5. The molecule has 1 aromatic carbocycles. The molecule has 40 heavy (non-hydrogen) atoms. The van der Waals surface area contributed by atoms with Crippen LogP contribution in [0.4, 0.5) is 5.69 Å². The van der Waals surface area contributed by atoms with Crippen molar-refractivity contribution in [2.75, 3.05) is 38.8 Å². The lowest BCUT2D eigenvalue weighted by Crippen LogP contribution is -2.69. The van der Waals surface area contributed by atoms with Gasteiger partial charge in [-0.1, -0.05) is 11.6 Å². The van der Waals surface area contributed by atoms with Gasteiger partial charge in [-0.15, -0.1) is 0 Å². The molecule has 5 aliphatic heterocycles. The molecule has 0 aromatic heterocycles. The van der Waals surface area contributed by atoms with Crippen molar-refractivity contribution in [2.24, 2.45) is 11.8 Å². The van der Waals surface area contributed by atoms with E-state index in [1.807, 2.05) is 6.07 Å². The molecule has 11 heteroatoms. The van der Waals surface area contributed by atoms with E-state index in [2.05, 4.69) is 39.9 Å². The number of carboxylic acids is 1. The Hall–Kier alpha value is -2.76. The molecule has 0 radical (unpaired) electrons. The Labute approximate surface area is 239 Å². The minimum Gasteiger partial charge on any atom is -0.493 e. The number of methoxy groups -OCH3 is 2. The number of hydrogen-bond donors (Lipinski definition) is 3. The number of thiol groups is 1. The van der Waals surface area contributed by atoms with Crippen LogP contribution in [0.3, 0.4) is 0 Å². The molecule has 2 bridgehead atoms. The number of amides is 2. The molecule has 4 fully saturated rings. The molecular weight excluding hydrogens is 534 g/mol. The van der Waals surface area contributed by atoms with E-state index in [9.17, 15) is 14.4 Å². The number of carbonyl (C=O) groups excluding carboxylic acids is 2. The summed E-state index contributed by atoms with van der Waals surface area (Å²) in [5.74, 6) is 1.49. The molecule has 216 valence electrons. The molecule has 10 nitrogen and oxygen atoms in total. The van der Waals surface area contributed by atoms with Gasteiger partial charge in [0, 0.05) is 34.7 Å². The van der Waals surface area contributed by atoms with Crippen LogP contribution >= 0.6 is 12.6 Å². The highest BCUT2D eigenvalue weighted by Crippen LogP contribution is 2.66. The van der Waals surface area contributed by atoms with Gasteiger partial charge in [0.15, 0.2) is 11.5 Å². The number of aliphatic carboxylic acids is 1. The molecule has 3 saturated heterocycles. The van der Waals surface area contributed by atoms with Gasteiger partial charge in [-0.25, -0.2) is 4.79 Å². The zero-order valence-corrected chi connectivity index (χ0v) is 24.1. The number of nitrogens with zero attached hydrogens (tertiary/aromatic N) is 2. The van der Waals surface area contributed by atoms with Crippen LogP contribution in [0, 0.1) is 11.8 Å². The lowest BCUT2D eigenvalue weighted by molar-refractivity contribution is -0.141. The Morgan fingerprint density at radius 1 is 1.30 bits per heavy atom. The van der Waals surface area contributed by atoms with Crippen LogP contribution in [-0.4, -0.2) is 91.2 Å². The number of benzene rings is 1. The highest BCUT2D eigenvalue weighted by Gasteiger charge is 2.71. The first kappa shape index (κ1) is 27.4. The van der Waals surface area contributed by atoms with Crippen molar-refractivity contribution in [3.63, 3.8) is 0 Å². The predicted octanol–water partition coefficient (Wildman–Crippen LogP) is 2.00. The first-order chi connectivity index (χ1) is 19.1. The number of rotatable bonds is 6. The Kier molecular flexibility index (Phi) is 6.62. The summed E-state index contributed by atoms with van der Waals surface area (Å²) in [6.45, 7) is 6.04. The summed E-state index contributed by atoms with van der Waals surface area (Å²) in [7, 11) is 3.36. The molecule has 1 aromatic rings.